The molecule has 9 aromatic carbocycles. The molecule has 0 atom stereocenters. The molecule has 0 fully saturated rings. The van der Waals surface area contributed by atoms with Gasteiger partial charge >= 0.3 is 0 Å². The van der Waals surface area contributed by atoms with Crippen LogP contribution in [0.15, 0.2) is 224 Å². The summed E-state index contributed by atoms with van der Waals surface area (Å²) in [5.41, 5.74) is 19.6. The molecule has 5 nitrogen and oxygen atoms in total. The van der Waals surface area contributed by atoms with Crippen LogP contribution in [0.25, 0.3) is 44.5 Å². The number of benzene rings is 9. The van der Waals surface area contributed by atoms with Crippen molar-refractivity contribution in [3.63, 3.8) is 0 Å². The highest BCUT2D eigenvalue weighted by atomic mass is 15.4. The molecule has 3 heterocycles. The van der Waals surface area contributed by atoms with Crippen LogP contribution in [-0.4, -0.2) is 11.7 Å². The molecule has 2 aliphatic rings. The molecule has 81 heavy (non-hydrogen) atoms. The van der Waals surface area contributed by atoms with Crippen LogP contribution >= 0.6 is 0 Å². The van der Waals surface area contributed by atoms with E-state index >= 15 is 0 Å². The molecule has 0 bridgehead atoms. The van der Waals surface area contributed by atoms with E-state index in [1.54, 1.807) is 0 Å². The molecule has 0 spiro atoms. The summed E-state index contributed by atoms with van der Waals surface area (Å²) in [5.74, 6) is 0.837. The first-order valence-corrected chi connectivity index (χ1v) is 28.4. The van der Waals surface area contributed by atoms with Gasteiger partial charge in [0.1, 0.15) is 12.5 Å². The summed E-state index contributed by atoms with van der Waals surface area (Å²) in [6, 6.07) is 65.8. The fourth-order valence-corrected chi connectivity index (χ4v) is 11.6. The number of fused-ring (bicyclic) bond motifs is 6. The van der Waals surface area contributed by atoms with Crippen molar-refractivity contribution in [2.24, 2.45) is 0 Å². The number of rotatable bonds is 8. The van der Waals surface area contributed by atoms with Crippen molar-refractivity contribution in [2.45, 2.75) is 105 Å². The zero-order valence-corrected chi connectivity index (χ0v) is 48.9. The molecule has 0 N–H and O–H groups in total. The third-order valence-corrected chi connectivity index (χ3v) is 16.1. The number of hydrogen-bond acceptors (Lipinski definition) is 5. The van der Waals surface area contributed by atoms with Crippen LogP contribution in [-0.2, 0) is 21.7 Å². The Kier molecular flexibility index (Phi) is 11.7. The standard InChI is InChI=1S/C76H75N5/c1-73(2,3)53-40-41-77-71(47-53)81-67-35-22-21-32-65(67)63-30-19-20-31-64(63)66-39-38-58(49-70(66)81)80(57-28-17-14-18-29-57)60-46-56(76(10,11)12)45-59(48-60)78-50-79(69-37-24-23-36-68(69)78)72-61(51-26-15-13-16-27-51)33-25-34-62(72)52-42-54(74(4,5)6)44-55(43-52)75(7,8)9/h13-49H,50H2,1-12H3/i13D,15D,16D,26D,27D. The summed E-state index contributed by atoms with van der Waals surface area (Å²) < 4.78 is 45.4. The minimum Gasteiger partial charge on any atom is -0.321 e. The zero-order chi connectivity index (χ0) is 60.9. The van der Waals surface area contributed by atoms with E-state index in [1.165, 1.54) is 16.7 Å². The van der Waals surface area contributed by atoms with E-state index in [1.807, 2.05) is 18.3 Å². The number of anilines is 10. The molecule has 0 saturated heterocycles. The van der Waals surface area contributed by atoms with E-state index in [-0.39, 0.29) is 51.4 Å². The quantitative estimate of drug-likeness (QED) is 0.151. The number of aromatic nitrogens is 1. The number of hydrogen-bond donors (Lipinski definition) is 0. The van der Waals surface area contributed by atoms with Gasteiger partial charge in [-0.1, -0.05) is 229 Å². The second-order valence-corrected chi connectivity index (χ2v) is 25.9. The highest BCUT2D eigenvalue weighted by Gasteiger charge is 2.35. The Bertz CT molecular complexity index is 4230. The molecule has 0 aliphatic carbocycles. The van der Waals surface area contributed by atoms with Gasteiger partial charge in [-0.15, -0.1) is 0 Å². The van der Waals surface area contributed by atoms with E-state index in [4.69, 9.17) is 9.10 Å². The second-order valence-electron chi connectivity index (χ2n) is 25.9. The van der Waals surface area contributed by atoms with Crippen molar-refractivity contribution >= 4 is 57.0 Å². The predicted molar refractivity (Wildman–Crippen MR) is 346 cm³/mol. The van der Waals surface area contributed by atoms with E-state index in [0.29, 0.717) is 12.2 Å². The minimum atomic E-state index is -0.423. The Morgan fingerprint density at radius 1 is 0.383 bits per heavy atom. The summed E-state index contributed by atoms with van der Waals surface area (Å²) in [5, 5.41) is 0. The van der Waals surface area contributed by atoms with Gasteiger partial charge in [-0.2, -0.15) is 0 Å². The normalized spacial score (nSPS) is 14.2. The largest absolute Gasteiger partial charge is 0.321 e. The maximum Gasteiger partial charge on any atom is 0.137 e. The lowest BCUT2D eigenvalue weighted by Crippen LogP contribution is -2.26. The molecule has 1 aromatic heterocycles. The predicted octanol–water partition coefficient (Wildman–Crippen LogP) is 21.4. The van der Waals surface area contributed by atoms with E-state index < -0.39 is 6.04 Å². The number of nitrogens with zero attached hydrogens (tertiary/aromatic N) is 5. The SMILES string of the molecule is [2H]c1c([2H])c([2H])c(-c2cccc(-c3cc(C(C)(C)C)cc(C(C)(C)C)c3)c2N2CN(c3cc(N(c4ccccc4)c4ccc5c(c4)N(c4cc(C(C)(C)C)ccn4)c4ccccc4-c4ccccc4-5)cc(C(C)(C)C)c3)c3ccccc32)c([2H])c1[2H]. The second kappa shape index (κ2) is 20.1. The highest BCUT2D eigenvalue weighted by molar-refractivity contribution is 6.04. The van der Waals surface area contributed by atoms with Crippen molar-refractivity contribution < 1.29 is 6.85 Å². The van der Waals surface area contributed by atoms with Crippen molar-refractivity contribution in [1.29, 1.82) is 0 Å². The molecule has 0 amide bonds. The Morgan fingerprint density at radius 2 is 0.914 bits per heavy atom. The highest BCUT2D eigenvalue weighted by Crippen LogP contribution is 2.55. The van der Waals surface area contributed by atoms with Crippen LogP contribution in [0.3, 0.4) is 0 Å². The summed E-state index contributed by atoms with van der Waals surface area (Å²) >= 11 is 0. The smallest absolute Gasteiger partial charge is 0.137 e. The van der Waals surface area contributed by atoms with Gasteiger partial charge in [0, 0.05) is 51.2 Å². The first-order valence-electron chi connectivity index (χ1n) is 30.9. The molecule has 5 heteroatoms. The van der Waals surface area contributed by atoms with Crippen LogP contribution in [0, 0.1) is 0 Å². The monoisotopic (exact) mass is 1060 g/mol. The van der Waals surface area contributed by atoms with Crippen LogP contribution in [0.1, 0.15) is 112 Å². The zero-order valence-electron chi connectivity index (χ0n) is 53.9. The Labute approximate surface area is 488 Å². The van der Waals surface area contributed by atoms with Gasteiger partial charge in [0.2, 0.25) is 0 Å². The van der Waals surface area contributed by atoms with Gasteiger partial charge in [0.05, 0.1) is 35.3 Å². The summed E-state index contributed by atoms with van der Waals surface area (Å²) in [7, 11) is 0. The van der Waals surface area contributed by atoms with Gasteiger partial charge < -0.3 is 14.7 Å². The molecular formula is C76H75N5. The van der Waals surface area contributed by atoms with Gasteiger partial charge in [0.25, 0.3) is 0 Å². The Morgan fingerprint density at radius 3 is 1.54 bits per heavy atom. The fourth-order valence-electron chi connectivity index (χ4n) is 11.6. The first-order chi connectivity index (χ1) is 40.8. The summed E-state index contributed by atoms with van der Waals surface area (Å²) in [6.45, 7) is 27.3. The summed E-state index contributed by atoms with van der Waals surface area (Å²) in [6.07, 6.45) is 1.94. The summed E-state index contributed by atoms with van der Waals surface area (Å²) in [4.78, 5) is 14.5. The van der Waals surface area contributed by atoms with Gasteiger partial charge in [-0.05, 0) is 139 Å². The van der Waals surface area contributed by atoms with Crippen molar-refractivity contribution in [3.8, 4) is 44.5 Å². The van der Waals surface area contributed by atoms with Crippen LogP contribution in [0.5, 0.6) is 0 Å². The van der Waals surface area contributed by atoms with E-state index in [2.05, 4.69) is 279 Å². The first kappa shape index (κ1) is 47.2. The Balaban J connectivity index is 1.08. The third-order valence-electron chi connectivity index (χ3n) is 16.1. The lowest BCUT2D eigenvalue weighted by molar-refractivity contribution is 0.569. The van der Waals surface area contributed by atoms with Crippen LogP contribution in [0.2, 0.25) is 0 Å². The molecule has 0 saturated carbocycles. The lowest BCUT2D eigenvalue weighted by atomic mass is 9.78. The molecule has 404 valence electrons. The molecule has 10 aromatic rings. The topological polar surface area (TPSA) is 25.9 Å². The van der Waals surface area contributed by atoms with Crippen molar-refractivity contribution in [2.75, 3.05) is 26.3 Å². The molecule has 0 radical (unpaired) electrons. The molecule has 12 rings (SSSR count). The van der Waals surface area contributed by atoms with E-state index in [0.717, 1.165) is 95.9 Å². The molecule has 0 unspecified atom stereocenters. The van der Waals surface area contributed by atoms with Crippen molar-refractivity contribution in [3.05, 3.63) is 247 Å². The fraction of sp³-hybridized carbons (Fsp3) is 0.224. The van der Waals surface area contributed by atoms with Crippen LogP contribution in [0.4, 0.5) is 57.0 Å². The minimum absolute atomic E-state index is 0.117. The average molecular weight is 1060 g/mol. The van der Waals surface area contributed by atoms with Crippen LogP contribution < -0.4 is 19.6 Å². The van der Waals surface area contributed by atoms with Crippen molar-refractivity contribution in [1.82, 2.24) is 4.98 Å². The van der Waals surface area contributed by atoms with Gasteiger partial charge in [-0.25, -0.2) is 4.98 Å². The maximum atomic E-state index is 9.45. The van der Waals surface area contributed by atoms with Gasteiger partial charge in [0.15, 0.2) is 0 Å². The number of pyridine rings is 1. The molecular weight excluding hydrogens is 983 g/mol. The number of para-hydroxylation sites is 5. The molecule has 2 aliphatic heterocycles. The maximum absolute atomic E-state index is 9.45. The lowest BCUT2D eigenvalue weighted by Gasteiger charge is -2.33. The Hall–Kier alpha value is -8.67. The van der Waals surface area contributed by atoms with E-state index in [9.17, 15) is 2.74 Å². The average Bonchev–Trinajstić information content (AvgIpc) is 1.54. The van der Waals surface area contributed by atoms with Gasteiger partial charge in [-0.3, -0.25) is 4.90 Å². The third kappa shape index (κ3) is 9.98.